The van der Waals surface area contributed by atoms with Gasteiger partial charge in [-0.05, 0) is 22.9 Å². The second kappa shape index (κ2) is 21.8. The maximum absolute atomic E-state index is 6.43. The minimum atomic E-state index is 0.227. The van der Waals surface area contributed by atoms with Crippen molar-refractivity contribution in [3.05, 3.63) is 108 Å². The molecule has 3 rings (SSSR count). The van der Waals surface area contributed by atoms with Crippen molar-refractivity contribution in [3.63, 3.8) is 0 Å². The van der Waals surface area contributed by atoms with E-state index in [0.29, 0.717) is 12.1 Å². The van der Waals surface area contributed by atoms with Gasteiger partial charge in [0.15, 0.2) is 0 Å². The third-order valence-electron chi connectivity index (χ3n) is 7.58. The summed E-state index contributed by atoms with van der Waals surface area (Å²) in [5.74, 6) is 0.227. The summed E-state index contributed by atoms with van der Waals surface area (Å²) in [6.45, 7) is 12.6. The van der Waals surface area contributed by atoms with E-state index in [4.69, 9.17) is 5.73 Å². The molecule has 0 aliphatic carbocycles. The second-order valence-corrected chi connectivity index (χ2v) is 13.0. The van der Waals surface area contributed by atoms with Gasteiger partial charge in [-0.25, -0.2) is 0 Å². The van der Waals surface area contributed by atoms with Crippen LogP contribution < -0.4 is 27.4 Å². The Kier molecular flexibility index (Phi) is 18.8. The molecular weight excluding hydrogens is 731 g/mol. The Morgan fingerprint density at radius 1 is 1.12 bits per heavy atom. The van der Waals surface area contributed by atoms with Crippen LogP contribution in [0.2, 0.25) is 0 Å². The molecule has 42 heavy (non-hydrogen) atoms. The van der Waals surface area contributed by atoms with E-state index in [1.807, 2.05) is 0 Å². The summed E-state index contributed by atoms with van der Waals surface area (Å²) in [6, 6.07) is 20.4. The van der Waals surface area contributed by atoms with Gasteiger partial charge in [-0.2, -0.15) is 0 Å². The van der Waals surface area contributed by atoms with Gasteiger partial charge in [-0.3, -0.25) is 0 Å². The number of nitrogens with two attached hydrogens (primary N) is 2. The average molecular weight is 785 g/mol. The molecule has 0 aromatic heterocycles. The molecule has 0 bridgehead atoms. The first-order valence-corrected chi connectivity index (χ1v) is 18.8. The molecule has 229 valence electrons. The van der Waals surface area contributed by atoms with Crippen molar-refractivity contribution in [2.75, 3.05) is 17.2 Å². The minimum Gasteiger partial charge on any atom is -0.405 e. The summed E-state index contributed by atoms with van der Waals surface area (Å²) in [4.78, 5) is 2.55. The molecule has 0 amide bonds. The van der Waals surface area contributed by atoms with Crippen molar-refractivity contribution < 1.29 is 0 Å². The summed E-state index contributed by atoms with van der Waals surface area (Å²) in [5, 5.41) is 10.7. The third kappa shape index (κ3) is 14.1. The average Bonchev–Trinajstić information content (AvgIpc) is 3.43. The number of hydrogen-bond donors (Lipinski definition) is 5. The first-order chi connectivity index (χ1) is 20.4. The van der Waals surface area contributed by atoms with Crippen molar-refractivity contribution in [3.8, 4) is 0 Å². The predicted molar refractivity (Wildman–Crippen MR) is 186 cm³/mol. The van der Waals surface area contributed by atoms with Crippen LogP contribution in [0.4, 0.5) is 0 Å². The fourth-order valence-electron chi connectivity index (χ4n) is 5.23. The van der Waals surface area contributed by atoms with Gasteiger partial charge < -0.3 is 11.1 Å². The topological polar surface area (TPSA) is 91.4 Å². The van der Waals surface area contributed by atoms with Crippen LogP contribution in [0.1, 0.15) is 74.3 Å². The molecule has 1 aliphatic heterocycles. The molecule has 6 nitrogen and oxygen atoms in total. The number of aryl methyl sites for hydroxylation is 1. The van der Waals surface area contributed by atoms with Crippen LogP contribution in [0.25, 0.3) is 0 Å². The first-order valence-electron chi connectivity index (χ1n) is 15.4. The summed E-state index contributed by atoms with van der Waals surface area (Å²) >= 11 is 1.18. The zero-order valence-electron chi connectivity index (χ0n) is 25.7. The van der Waals surface area contributed by atoms with Gasteiger partial charge in [-0.15, -0.1) is 9.24 Å². The van der Waals surface area contributed by atoms with Gasteiger partial charge in [0.05, 0.1) is 0 Å². The molecule has 8 heteroatoms. The maximum atomic E-state index is 6.43. The van der Waals surface area contributed by atoms with Gasteiger partial charge in [-0.1, -0.05) is 61.2 Å². The van der Waals surface area contributed by atoms with Crippen LogP contribution in [-0.4, -0.2) is 59.9 Å². The van der Waals surface area contributed by atoms with Crippen LogP contribution in [0.3, 0.4) is 0 Å². The Balaban J connectivity index is 0.00000197. The van der Waals surface area contributed by atoms with Crippen LogP contribution in [0.5, 0.6) is 0 Å². The molecule has 7 N–H and O–H groups in total. The van der Waals surface area contributed by atoms with E-state index in [9.17, 15) is 0 Å². The minimum absolute atomic E-state index is 0.227. The number of hydrogen-bond acceptors (Lipinski definition) is 6. The van der Waals surface area contributed by atoms with E-state index in [-0.39, 0.29) is 5.78 Å². The molecule has 1 aliphatic rings. The summed E-state index contributed by atoms with van der Waals surface area (Å²) in [7, 11) is 2.91. The zero-order chi connectivity index (χ0) is 30.6. The standard InChI is InChI=1S/C32H49N5P.C2H5N.Pb/c1-4-5-6-10-13-31-20-30(24-37(31)25(2)21-34-3)35-23-29(33)19-16-26-14-17-28(18-15-26)32(38)36-22-27-11-8-7-9-12-27;1-2-3;/h7-9,11-12,14-15,17-18,23,30-32,34-36H,2-6,10,13,16,19-22,24,33,38H2,1H3;2H,1,3H2;/b29-23-;;. The van der Waals surface area contributed by atoms with Crippen molar-refractivity contribution in [2.24, 2.45) is 11.5 Å². The summed E-state index contributed by atoms with van der Waals surface area (Å²) in [6.07, 6.45) is 12.8. The second-order valence-electron chi connectivity index (χ2n) is 11.0. The summed E-state index contributed by atoms with van der Waals surface area (Å²) in [5.41, 5.74) is 17.1. The number of rotatable bonds is 18. The van der Waals surface area contributed by atoms with Crippen LogP contribution in [0, 0.1) is 0 Å². The predicted octanol–water partition coefficient (Wildman–Crippen LogP) is 5.40. The third-order valence-corrected chi connectivity index (χ3v) is 9.17. The normalized spacial score (nSPS) is 17.3. The fraction of sp³-hybridized carbons (Fsp3) is 0.471. The van der Waals surface area contributed by atoms with Gasteiger partial charge >= 0.3 is 159 Å². The van der Waals surface area contributed by atoms with Gasteiger partial charge in [0.2, 0.25) is 0 Å². The number of likely N-dealkylation sites (tertiary alicyclic amines) is 1. The first kappa shape index (κ1) is 36.3. The number of nitrogens with zero attached hydrogens (tertiary/aromatic N) is 1. The molecule has 1 heterocycles. The van der Waals surface area contributed by atoms with Crippen molar-refractivity contribution in [1.29, 1.82) is 0 Å². The van der Waals surface area contributed by atoms with Gasteiger partial charge in [0.25, 0.3) is 0 Å². The van der Waals surface area contributed by atoms with E-state index in [1.165, 1.54) is 86.5 Å². The summed E-state index contributed by atoms with van der Waals surface area (Å²) < 4.78 is 1.11. The van der Waals surface area contributed by atoms with Crippen molar-refractivity contribution in [1.82, 2.24) is 20.9 Å². The molecule has 4 atom stereocenters. The monoisotopic (exact) mass is 785 g/mol. The number of unbranched alkanes of at least 4 members (excludes halogenated alkanes) is 3. The molecule has 2 aromatic rings. The smallest absolute Gasteiger partial charge is 0.405 e. The molecule has 4 unspecified atom stereocenters. The van der Waals surface area contributed by atoms with Crippen molar-refractivity contribution >= 4 is 35.0 Å². The Morgan fingerprint density at radius 3 is 2.50 bits per heavy atom. The quantitative estimate of drug-likeness (QED) is 0.0791. The van der Waals surface area contributed by atoms with Crippen LogP contribution >= 0.6 is 9.24 Å². The molecule has 1 fully saturated rings. The Hall–Kier alpha value is -1.87. The number of allylic oxidation sites excluding steroid dienone is 1. The van der Waals surface area contributed by atoms with E-state index in [0.717, 1.165) is 48.7 Å². The molecule has 1 saturated heterocycles. The van der Waals surface area contributed by atoms with E-state index < -0.39 is 0 Å². The Morgan fingerprint density at radius 2 is 1.83 bits per heavy atom. The van der Waals surface area contributed by atoms with Crippen molar-refractivity contribution in [2.45, 2.75) is 82.7 Å². The fourth-order valence-corrected chi connectivity index (χ4v) is 6.06. The van der Waals surface area contributed by atoms with Gasteiger partial charge in [0.1, 0.15) is 0 Å². The van der Waals surface area contributed by atoms with E-state index in [2.05, 4.69) is 117 Å². The molecule has 2 aromatic carbocycles. The zero-order valence-corrected chi connectivity index (χ0v) is 30.7. The number of nitrogens with one attached hydrogen (secondary N) is 3. The Bertz CT molecular complexity index is 1050. The van der Waals surface area contributed by atoms with E-state index in [1.54, 1.807) is 0 Å². The Labute approximate surface area is 274 Å². The van der Waals surface area contributed by atoms with E-state index >= 15 is 0 Å². The number of benzene rings is 2. The SMILES string of the molecule is C=C(CN[CH2][Pb])N1CC(N/C=C(\N)CCc2ccc(C(P)NCc3ccccc3)cc2)CC1CCCCCC.C=CN. The molecule has 0 saturated carbocycles. The van der Waals surface area contributed by atoms with Gasteiger partial charge in [0, 0.05) is 12.3 Å². The van der Waals surface area contributed by atoms with Crippen LogP contribution in [0.15, 0.2) is 91.5 Å². The molecular formula is C34H54N6PPb. The van der Waals surface area contributed by atoms with Crippen LogP contribution in [-0.2, 0) is 13.0 Å². The molecule has 0 spiro atoms. The molecule has 3 radical (unpaired) electrons.